The van der Waals surface area contributed by atoms with Crippen molar-refractivity contribution in [2.24, 2.45) is 0 Å². The highest BCUT2D eigenvalue weighted by Gasteiger charge is 2.35. The molecule has 3 rings (SSSR count). The third-order valence-electron chi connectivity index (χ3n) is 4.43. The van der Waals surface area contributed by atoms with E-state index in [2.05, 4.69) is 5.32 Å². The molecule has 1 aliphatic rings. The van der Waals surface area contributed by atoms with Gasteiger partial charge in [-0.25, -0.2) is 0 Å². The van der Waals surface area contributed by atoms with Crippen molar-refractivity contribution in [3.05, 3.63) is 65.2 Å². The number of nitrogens with zero attached hydrogens (tertiary/aromatic N) is 1. The molecule has 0 aromatic heterocycles. The van der Waals surface area contributed by atoms with E-state index in [0.717, 1.165) is 16.0 Å². The highest BCUT2D eigenvalue weighted by Crippen LogP contribution is 2.26. The second kappa shape index (κ2) is 8.64. The molecule has 0 spiro atoms. The molecule has 2 aromatic rings. The highest BCUT2D eigenvalue weighted by molar-refractivity contribution is 7.99. The van der Waals surface area contributed by atoms with E-state index in [-0.39, 0.29) is 11.8 Å². The lowest BCUT2D eigenvalue weighted by Gasteiger charge is -2.24. The Kier molecular flexibility index (Phi) is 6.27. The third kappa shape index (κ3) is 4.24. The number of nitrogens with one attached hydrogen (secondary N) is 1. The molecular formula is C20H22N2O2S2. The SMILES string of the molecule is CSc1ccc(C)c(C(=O)N2CSC[C@H]2C(=O)NCc2ccccc2)c1. The van der Waals surface area contributed by atoms with E-state index in [9.17, 15) is 9.59 Å². The van der Waals surface area contributed by atoms with Gasteiger partial charge in [0.05, 0.1) is 5.88 Å². The number of rotatable bonds is 5. The van der Waals surface area contributed by atoms with Gasteiger partial charge in [0.1, 0.15) is 6.04 Å². The van der Waals surface area contributed by atoms with Crippen LogP contribution in [0, 0.1) is 6.92 Å². The molecule has 0 bridgehead atoms. The molecule has 2 aromatic carbocycles. The Morgan fingerprint density at radius 3 is 2.73 bits per heavy atom. The van der Waals surface area contributed by atoms with Gasteiger partial charge in [-0.15, -0.1) is 23.5 Å². The summed E-state index contributed by atoms with van der Waals surface area (Å²) >= 11 is 3.23. The first-order chi connectivity index (χ1) is 12.6. The molecule has 26 heavy (non-hydrogen) atoms. The zero-order valence-corrected chi connectivity index (χ0v) is 16.5. The average molecular weight is 387 g/mol. The summed E-state index contributed by atoms with van der Waals surface area (Å²) in [7, 11) is 0. The van der Waals surface area contributed by atoms with Crippen LogP contribution in [0.25, 0.3) is 0 Å². The molecule has 1 saturated heterocycles. The van der Waals surface area contributed by atoms with Crippen molar-refractivity contribution in [2.75, 3.05) is 17.9 Å². The minimum atomic E-state index is -0.423. The molecule has 2 amide bonds. The fraction of sp³-hybridized carbons (Fsp3) is 0.300. The molecule has 6 heteroatoms. The number of aryl methyl sites for hydroxylation is 1. The Morgan fingerprint density at radius 1 is 1.23 bits per heavy atom. The monoisotopic (exact) mass is 386 g/mol. The van der Waals surface area contributed by atoms with Gasteiger partial charge < -0.3 is 10.2 Å². The number of thioether (sulfide) groups is 2. The van der Waals surface area contributed by atoms with Crippen molar-refractivity contribution in [3.8, 4) is 0 Å². The minimum Gasteiger partial charge on any atom is -0.350 e. The highest BCUT2D eigenvalue weighted by atomic mass is 32.2. The van der Waals surface area contributed by atoms with E-state index in [1.807, 2.05) is 61.7 Å². The van der Waals surface area contributed by atoms with E-state index in [4.69, 9.17) is 0 Å². The molecule has 1 aliphatic heterocycles. The Morgan fingerprint density at radius 2 is 2.00 bits per heavy atom. The molecule has 4 nitrogen and oxygen atoms in total. The predicted molar refractivity (Wildman–Crippen MR) is 109 cm³/mol. The van der Waals surface area contributed by atoms with Gasteiger partial charge in [0.2, 0.25) is 5.91 Å². The number of hydrogen-bond donors (Lipinski definition) is 1. The Balaban J connectivity index is 1.71. The first-order valence-electron chi connectivity index (χ1n) is 8.45. The molecule has 0 radical (unpaired) electrons. The summed E-state index contributed by atoms with van der Waals surface area (Å²) in [6, 6.07) is 15.3. The maximum atomic E-state index is 13.0. The molecule has 0 saturated carbocycles. The second-order valence-corrected chi connectivity index (χ2v) is 8.05. The predicted octanol–water partition coefficient (Wildman–Crippen LogP) is 3.55. The zero-order chi connectivity index (χ0) is 18.5. The summed E-state index contributed by atoms with van der Waals surface area (Å²) < 4.78 is 0. The quantitative estimate of drug-likeness (QED) is 0.799. The van der Waals surface area contributed by atoms with Crippen LogP contribution >= 0.6 is 23.5 Å². The molecule has 0 aliphatic carbocycles. The van der Waals surface area contributed by atoms with E-state index >= 15 is 0 Å². The van der Waals surface area contributed by atoms with Crippen molar-refractivity contribution in [3.63, 3.8) is 0 Å². The molecule has 136 valence electrons. The number of benzene rings is 2. The number of amides is 2. The average Bonchev–Trinajstić information content (AvgIpc) is 3.17. The normalized spacial score (nSPS) is 16.5. The minimum absolute atomic E-state index is 0.0664. The first kappa shape index (κ1) is 18.9. The summed E-state index contributed by atoms with van der Waals surface area (Å²) in [5, 5.41) is 2.96. The van der Waals surface area contributed by atoms with Crippen LogP contribution in [-0.2, 0) is 11.3 Å². The van der Waals surface area contributed by atoms with E-state index in [1.54, 1.807) is 28.4 Å². The third-order valence-corrected chi connectivity index (χ3v) is 6.17. The maximum Gasteiger partial charge on any atom is 0.255 e. The number of hydrogen-bond acceptors (Lipinski definition) is 4. The van der Waals surface area contributed by atoms with Crippen molar-refractivity contribution in [1.29, 1.82) is 0 Å². The standard InChI is InChI=1S/C20H22N2O2S2/c1-14-8-9-16(25-2)10-17(14)20(24)22-13-26-12-18(22)19(23)21-11-15-6-4-3-5-7-15/h3-10,18H,11-13H2,1-2H3,(H,21,23)/t18-/m0/s1. The van der Waals surface area contributed by atoms with Crippen molar-refractivity contribution < 1.29 is 9.59 Å². The van der Waals surface area contributed by atoms with Crippen LogP contribution in [0.4, 0.5) is 0 Å². The molecule has 1 N–H and O–H groups in total. The Labute approximate surface area is 162 Å². The van der Waals surface area contributed by atoms with Crippen LogP contribution in [-0.4, -0.2) is 40.6 Å². The van der Waals surface area contributed by atoms with E-state index in [1.165, 1.54) is 0 Å². The molecule has 1 atom stereocenters. The Bertz CT molecular complexity index is 796. The Hall–Kier alpha value is -1.92. The van der Waals surface area contributed by atoms with Gasteiger partial charge >= 0.3 is 0 Å². The zero-order valence-electron chi connectivity index (χ0n) is 14.9. The summed E-state index contributed by atoms with van der Waals surface area (Å²) in [4.78, 5) is 28.4. The summed E-state index contributed by atoms with van der Waals surface area (Å²) in [5.74, 6) is 1.02. The van der Waals surface area contributed by atoms with Crippen LogP contribution in [0.5, 0.6) is 0 Å². The maximum absolute atomic E-state index is 13.0. The van der Waals surface area contributed by atoms with E-state index in [0.29, 0.717) is 23.7 Å². The van der Waals surface area contributed by atoms with Gasteiger partial charge in [0.25, 0.3) is 5.91 Å². The van der Waals surface area contributed by atoms with Crippen LogP contribution in [0.15, 0.2) is 53.4 Å². The topological polar surface area (TPSA) is 49.4 Å². The van der Waals surface area contributed by atoms with Gasteiger partial charge in [0, 0.05) is 22.8 Å². The van der Waals surface area contributed by atoms with Gasteiger partial charge in [-0.3, -0.25) is 9.59 Å². The number of carbonyl (C=O) groups excluding carboxylic acids is 2. The fourth-order valence-corrected chi connectivity index (χ4v) is 4.47. The van der Waals surface area contributed by atoms with E-state index < -0.39 is 6.04 Å². The first-order valence-corrected chi connectivity index (χ1v) is 10.8. The molecule has 0 unspecified atom stereocenters. The van der Waals surface area contributed by atoms with Crippen LogP contribution < -0.4 is 5.32 Å². The van der Waals surface area contributed by atoms with Gasteiger partial charge in [0.15, 0.2) is 0 Å². The van der Waals surface area contributed by atoms with Crippen LogP contribution in [0.2, 0.25) is 0 Å². The van der Waals surface area contributed by atoms with Crippen molar-refractivity contribution in [2.45, 2.75) is 24.4 Å². The summed E-state index contributed by atoms with van der Waals surface area (Å²) in [5.41, 5.74) is 2.67. The van der Waals surface area contributed by atoms with Crippen molar-refractivity contribution in [1.82, 2.24) is 10.2 Å². The lowest BCUT2D eigenvalue weighted by molar-refractivity contribution is -0.124. The smallest absolute Gasteiger partial charge is 0.255 e. The summed E-state index contributed by atoms with van der Waals surface area (Å²) in [6.07, 6.45) is 1.99. The fourth-order valence-electron chi connectivity index (χ4n) is 2.88. The molecule has 1 heterocycles. The largest absolute Gasteiger partial charge is 0.350 e. The van der Waals surface area contributed by atoms with Crippen LogP contribution in [0.1, 0.15) is 21.5 Å². The molecular weight excluding hydrogens is 364 g/mol. The lowest BCUT2D eigenvalue weighted by Crippen LogP contribution is -2.47. The second-order valence-electron chi connectivity index (χ2n) is 6.17. The van der Waals surface area contributed by atoms with Gasteiger partial charge in [-0.05, 0) is 36.4 Å². The van der Waals surface area contributed by atoms with Crippen molar-refractivity contribution >= 4 is 35.3 Å². The van der Waals surface area contributed by atoms with Gasteiger partial charge in [-0.2, -0.15) is 0 Å². The summed E-state index contributed by atoms with van der Waals surface area (Å²) in [6.45, 7) is 2.41. The van der Waals surface area contributed by atoms with Crippen LogP contribution in [0.3, 0.4) is 0 Å². The van der Waals surface area contributed by atoms with Gasteiger partial charge in [-0.1, -0.05) is 36.4 Å². The number of carbonyl (C=O) groups is 2. The lowest BCUT2D eigenvalue weighted by atomic mass is 10.1. The molecule has 1 fully saturated rings.